The molecule has 0 unspecified atom stereocenters. The maximum atomic E-state index is 12.7. The van der Waals surface area contributed by atoms with E-state index in [1.54, 1.807) is 17.2 Å². The molecule has 0 fully saturated rings. The van der Waals surface area contributed by atoms with E-state index in [2.05, 4.69) is 15.2 Å². The zero-order valence-corrected chi connectivity index (χ0v) is 13.8. The summed E-state index contributed by atoms with van der Waals surface area (Å²) in [5.74, 6) is -0.0278. The van der Waals surface area contributed by atoms with Gasteiger partial charge in [0.05, 0.1) is 17.3 Å². The first kappa shape index (κ1) is 15.6. The van der Waals surface area contributed by atoms with E-state index in [1.807, 2.05) is 40.1 Å². The van der Waals surface area contributed by atoms with Crippen molar-refractivity contribution < 1.29 is 4.79 Å². The molecule has 21 heavy (non-hydrogen) atoms. The molecule has 0 saturated carbocycles. The van der Waals surface area contributed by atoms with Gasteiger partial charge < -0.3 is 4.90 Å². The van der Waals surface area contributed by atoms with E-state index in [-0.39, 0.29) is 11.9 Å². The van der Waals surface area contributed by atoms with Crippen LogP contribution in [0, 0.1) is 13.8 Å². The molecule has 0 spiro atoms. The predicted octanol–water partition coefficient (Wildman–Crippen LogP) is 2.98. The molecular weight excluding hydrogens is 284 g/mol. The molecule has 2 aromatic heterocycles. The minimum Gasteiger partial charge on any atom is -0.335 e. The van der Waals surface area contributed by atoms with E-state index < -0.39 is 0 Å². The van der Waals surface area contributed by atoms with Gasteiger partial charge in [-0.3, -0.25) is 9.89 Å². The zero-order chi connectivity index (χ0) is 15.6. The second kappa shape index (κ2) is 6.30. The van der Waals surface area contributed by atoms with Crippen LogP contribution in [0.4, 0.5) is 0 Å². The van der Waals surface area contributed by atoms with E-state index in [4.69, 9.17) is 0 Å². The van der Waals surface area contributed by atoms with Crippen LogP contribution in [0.25, 0.3) is 0 Å². The van der Waals surface area contributed by atoms with Crippen molar-refractivity contribution in [3.05, 3.63) is 40.8 Å². The first-order valence-corrected chi connectivity index (χ1v) is 7.97. The smallest absolute Gasteiger partial charge is 0.256 e. The molecule has 0 saturated heterocycles. The maximum Gasteiger partial charge on any atom is 0.256 e. The Morgan fingerprint density at radius 2 is 2.14 bits per heavy atom. The van der Waals surface area contributed by atoms with Gasteiger partial charge in [-0.25, -0.2) is 4.98 Å². The van der Waals surface area contributed by atoms with Crippen LogP contribution in [0.2, 0.25) is 0 Å². The fourth-order valence-electron chi connectivity index (χ4n) is 2.45. The lowest BCUT2D eigenvalue weighted by atomic mass is 10.0. The summed E-state index contributed by atoms with van der Waals surface area (Å²) < 4.78 is 0. The maximum absolute atomic E-state index is 12.7. The fraction of sp³-hybridized carbons (Fsp3) is 0.400. The van der Waals surface area contributed by atoms with Crippen molar-refractivity contribution in [3.63, 3.8) is 0 Å². The Labute approximate surface area is 129 Å². The molecular formula is C15H20N4OS. The number of rotatable bonds is 4. The van der Waals surface area contributed by atoms with Crippen molar-refractivity contribution in [3.8, 4) is 0 Å². The van der Waals surface area contributed by atoms with Crippen LogP contribution in [0.5, 0.6) is 0 Å². The molecule has 2 aromatic rings. The average Bonchev–Trinajstić information content (AvgIpc) is 2.84. The van der Waals surface area contributed by atoms with Crippen LogP contribution in [-0.4, -0.2) is 39.3 Å². The van der Waals surface area contributed by atoms with Gasteiger partial charge in [-0.1, -0.05) is 0 Å². The Hall–Kier alpha value is -1.82. The zero-order valence-electron chi connectivity index (χ0n) is 13.0. The van der Waals surface area contributed by atoms with E-state index in [0.717, 1.165) is 22.0 Å². The average molecular weight is 304 g/mol. The molecule has 1 N–H and O–H groups in total. The molecule has 1 atom stereocenters. The van der Waals surface area contributed by atoms with Gasteiger partial charge in [-0.2, -0.15) is 5.10 Å². The predicted molar refractivity (Wildman–Crippen MR) is 84.6 cm³/mol. The highest BCUT2D eigenvalue weighted by atomic mass is 32.2. The normalized spacial score (nSPS) is 12.2. The van der Waals surface area contributed by atoms with Crippen molar-refractivity contribution in [2.45, 2.75) is 31.8 Å². The van der Waals surface area contributed by atoms with Crippen LogP contribution in [-0.2, 0) is 0 Å². The van der Waals surface area contributed by atoms with Gasteiger partial charge in [0.25, 0.3) is 5.91 Å². The Balaban J connectivity index is 2.31. The number of hydrogen-bond donors (Lipinski definition) is 1. The largest absolute Gasteiger partial charge is 0.335 e. The number of aromatic amines is 1. The number of thioether (sulfide) groups is 1. The Morgan fingerprint density at radius 3 is 2.71 bits per heavy atom. The number of pyridine rings is 1. The third-order valence-corrected chi connectivity index (χ3v) is 4.41. The van der Waals surface area contributed by atoms with Crippen molar-refractivity contribution in [2.75, 3.05) is 13.3 Å². The van der Waals surface area contributed by atoms with Crippen molar-refractivity contribution in [2.24, 2.45) is 0 Å². The molecule has 0 radical (unpaired) electrons. The highest BCUT2D eigenvalue weighted by Crippen LogP contribution is 2.27. The lowest BCUT2D eigenvalue weighted by Gasteiger charge is -2.26. The van der Waals surface area contributed by atoms with Crippen molar-refractivity contribution >= 4 is 17.7 Å². The van der Waals surface area contributed by atoms with Gasteiger partial charge in [-0.15, -0.1) is 11.8 Å². The standard InChI is InChI=1S/C15H20N4OS/c1-9-13(10(2)18-17-9)11(3)19(4)15(20)12-7-6-8-16-14(12)21-5/h6-8,11H,1-5H3,(H,17,18)/t11-/m0/s1. The Morgan fingerprint density at radius 1 is 1.43 bits per heavy atom. The van der Waals surface area contributed by atoms with E-state index in [9.17, 15) is 4.79 Å². The van der Waals surface area contributed by atoms with Crippen LogP contribution in [0.3, 0.4) is 0 Å². The van der Waals surface area contributed by atoms with Gasteiger partial charge in [0, 0.05) is 24.5 Å². The monoisotopic (exact) mass is 304 g/mol. The van der Waals surface area contributed by atoms with Crippen LogP contribution in [0.1, 0.15) is 40.3 Å². The highest BCUT2D eigenvalue weighted by molar-refractivity contribution is 7.98. The first-order valence-electron chi connectivity index (χ1n) is 6.75. The SMILES string of the molecule is CSc1ncccc1C(=O)N(C)[C@@H](C)c1c(C)n[nH]c1C. The number of nitrogens with one attached hydrogen (secondary N) is 1. The van der Waals surface area contributed by atoms with Gasteiger partial charge in [-0.05, 0) is 39.2 Å². The molecule has 0 aliphatic heterocycles. The van der Waals surface area contributed by atoms with Crippen LogP contribution >= 0.6 is 11.8 Å². The summed E-state index contributed by atoms with van der Waals surface area (Å²) in [7, 11) is 1.82. The number of nitrogens with zero attached hydrogens (tertiary/aromatic N) is 3. The number of carbonyl (C=O) groups excluding carboxylic acids is 1. The molecule has 2 heterocycles. The molecule has 0 aliphatic rings. The third kappa shape index (κ3) is 2.95. The topological polar surface area (TPSA) is 61.9 Å². The second-order valence-electron chi connectivity index (χ2n) is 5.00. The summed E-state index contributed by atoms with van der Waals surface area (Å²) in [6.07, 6.45) is 3.63. The molecule has 6 heteroatoms. The number of hydrogen-bond acceptors (Lipinski definition) is 4. The lowest BCUT2D eigenvalue weighted by molar-refractivity contribution is 0.0737. The van der Waals surface area contributed by atoms with E-state index >= 15 is 0 Å². The number of aryl methyl sites for hydroxylation is 2. The Kier molecular flexibility index (Phi) is 4.67. The molecule has 5 nitrogen and oxygen atoms in total. The van der Waals surface area contributed by atoms with E-state index in [1.165, 1.54) is 11.8 Å². The van der Waals surface area contributed by atoms with Gasteiger partial charge in [0.1, 0.15) is 5.03 Å². The minimum atomic E-state index is -0.0498. The fourth-order valence-corrected chi connectivity index (χ4v) is 2.99. The number of H-pyrrole nitrogens is 1. The van der Waals surface area contributed by atoms with Gasteiger partial charge in [0.2, 0.25) is 0 Å². The second-order valence-corrected chi connectivity index (χ2v) is 5.79. The van der Waals surface area contributed by atoms with Gasteiger partial charge in [0.15, 0.2) is 0 Å². The highest BCUT2D eigenvalue weighted by Gasteiger charge is 2.24. The summed E-state index contributed by atoms with van der Waals surface area (Å²) in [4.78, 5) is 18.7. The number of amides is 1. The summed E-state index contributed by atoms with van der Waals surface area (Å²) in [6.45, 7) is 5.93. The summed E-state index contributed by atoms with van der Waals surface area (Å²) >= 11 is 1.48. The molecule has 0 aromatic carbocycles. The first-order chi connectivity index (χ1) is 9.97. The summed E-state index contributed by atoms with van der Waals surface area (Å²) in [5, 5.41) is 7.93. The van der Waals surface area contributed by atoms with Gasteiger partial charge >= 0.3 is 0 Å². The summed E-state index contributed by atoms with van der Waals surface area (Å²) in [6, 6.07) is 3.56. The number of aromatic nitrogens is 3. The molecule has 0 bridgehead atoms. The summed E-state index contributed by atoms with van der Waals surface area (Å²) in [5.41, 5.74) is 3.63. The minimum absolute atomic E-state index is 0.0278. The molecule has 112 valence electrons. The number of carbonyl (C=O) groups is 1. The van der Waals surface area contributed by atoms with Crippen LogP contribution < -0.4 is 0 Å². The van der Waals surface area contributed by atoms with Crippen LogP contribution in [0.15, 0.2) is 23.4 Å². The lowest BCUT2D eigenvalue weighted by Crippen LogP contribution is -2.30. The Bertz CT molecular complexity index is 633. The van der Waals surface area contributed by atoms with Crippen molar-refractivity contribution in [1.82, 2.24) is 20.1 Å². The van der Waals surface area contributed by atoms with Crippen molar-refractivity contribution in [1.29, 1.82) is 0 Å². The van der Waals surface area contributed by atoms with E-state index in [0.29, 0.717) is 5.56 Å². The molecule has 2 rings (SSSR count). The third-order valence-electron chi connectivity index (χ3n) is 3.70. The molecule has 1 amide bonds. The quantitative estimate of drug-likeness (QED) is 0.882. The molecule has 0 aliphatic carbocycles.